The molecule has 1 aromatic rings. The molecular weight excluding hydrogens is 280 g/mol. The summed E-state index contributed by atoms with van der Waals surface area (Å²) in [5.74, 6) is 0.375. The van der Waals surface area contributed by atoms with E-state index in [9.17, 15) is 9.90 Å². The van der Waals surface area contributed by atoms with Crippen LogP contribution in [0.4, 0.5) is 5.95 Å². The maximum atomic E-state index is 11.6. The van der Waals surface area contributed by atoms with Crippen molar-refractivity contribution >= 4 is 11.9 Å². The van der Waals surface area contributed by atoms with E-state index < -0.39 is 5.91 Å². The van der Waals surface area contributed by atoms with Crippen LogP contribution in [0.25, 0.3) is 0 Å². The number of aromatic nitrogens is 2. The molecule has 0 spiro atoms. The highest BCUT2D eigenvalue weighted by Crippen LogP contribution is 2.28. The van der Waals surface area contributed by atoms with E-state index in [1.54, 1.807) is 0 Å². The lowest BCUT2D eigenvalue weighted by Gasteiger charge is -2.26. The molecule has 6 heteroatoms. The summed E-state index contributed by atoms with van der Waals surface area (Å²) < 4.78 is 0. The minimum Gasteiger partial charge on any atom is -0.393 e. The molecule has 0 unspecified atom stereocenters. The normalized spacial score (nSPS) is 23.0. The standard InChI is InChI=1S/C16H26N4O2/c1-3-10(2)19-16-18-9-13(15(17)22)14(20-16)8-11-5-4-6-12(21)7-11/h9-12,21H,3-8H2,1-2H3,(H2,17,22)(H,18,19,20)/t10-,11+,12-/m0/s1. The summed E-state index contributed by atoms with van der Waals surface area (Å²) in [7, 11) is 0. The van der Waals surface area contributed by atoms with Crippen molar-refractivity contribution in [3.05, 3.63) is 17.5 Å². The molecule has 3 atom stereocenters. The van der Waals surface area contributed by atoms with E-state index in [2.05, 4.69) is 29.1 Å². The van der Waals surface area contributed by atoms with E-state index in [1.807, 2.05) is 0 Å². The van der Waals surface area contributed by atoms with E-state index in [-0.39, 0.29) is 12.1 Å². The van der Waals surface area contributed by atoms with Crippen LogP contribution in [-0.2, 0) is 6.42 Å². The van der Waals surface area contributed by atoms with Crippen LogP contribution in [0.2, 0.25) is 0 Å². The predicted molar refractivity (Wildman–Crippen MR) is 85.6 cm³/mol. The fourth-order valence-electron chi connectivity index (χ4n) is 2.89. The number of nitrogens with zero attached hydrogens (tertiary/aromatic N) is 2. The molecule has 1 aromatic heterocycles. The molecule has 0 aliphatic heterocycles. The Balaban J connectivity index is 2.18. The van der Waals surface area contributed by atoms with Crippen molar-refractivity contribution in [2.75, 3.05) is 5.32 Å². The average molecular weight is 306 g/mol. The van der Waals surface area contributed by atoms with Crippen LogP contribution in [0, 0.1) is 5.92 Å². The molecule has 0 aromatic carbocycles. The van der Waals surface area contributed by atoms with Gasteiger partial charge in [-0.1, -0.05) is 13.3 Å². The van der Waals surface area contributed by atoms with Crippen molar-refractivity contribution in [3.8, 4) is 0 Å². The van der Waals surface area contributed by atoms with Crippen LogP contribution >= 0.6 is 0 Å². The number of rotatable bonds is 6. The highest BCUT2D eigenvalue weighted by atomic mass is 16.3. The minimum atomic E-state index is -0.499. The Morgan fingerprint density at radius 1 is 1.55 bits per heavy atom. The summed E-state index contributed by atoms with van der Waals surface area (Å²) in [4.78, 5) is 20.3. The van der Waals surface area contributed by atoms with Gasteiger partial charge in [0, 0.05) is 12.2 Å². The first-order valence-electron chi connectivity index (χ1n) is 8.09. The van der Waals surface area contributed by atoms with Gasteiger partial charge in [0.05, 0.1) is 17.4 Å². The Morgan fingerprint density at radius 3 is 2.95 bits per heavy atom. The van der Waals surface area contributed by atoms with Gasteiger partial charge in [-0.15, -0.1) is 0 Å². The Hall–Kier alpha value is -1.69. The van der Waals surface area contributed by atoms with Crippen LogP contribution in [-0.4, -0.2) is 33.1 Å². The number of hydrogen-bond acceptors (Lipinski definition) is 5. The fraction of sp³-hybridized carbons (Fsp3) is 0.688. The molecule has 1 aliphatic carbocycles. The third-order valence-electron chi connectivity index (χ3n) is 4.36. The summed E-state index contributed by atoms with van der Waals surface area (Å²) >= 11 is 0. The number of hydrogen-bond donors (Lipinski definition) is 3. The molecule has 1 heterocycles. The van der Waals surface area contributed by atoms with E-state index in [0.717, 1.165) is 32.1 Å². The second kappa shape index (κ2) is 7.54. The second-order valence-electron chi connectivity index (χ2n) is 6.26. The molecule has 122 valence electrons. The first-order chi connectivity index (χ1) is 10.5. The molecule has 2 rings (SSSR count). The zero-order valence-electron chi connectivity index (χ0n) is 13.4. The van der Waals surface area contributed by atoms with Crippen molar-refractivity contribution < 1.29 is 9.90 Å². The third kappa shape index (κ3) is 4.40. The second-order valence-corrected chi connectivity index (χ2v) is 6.26. The number of nitrogens with one attached hydrogen (secondary N) is 1. The van der Waals surface area contributed by atoms with Crippen molar-refractivity contribution in [2.24, 2.45) is 11.7 Å². The summed E-state index contributed by atoms with van der Waals surface area (Å²) in [6.07, 6.45) is 6.58. The lowest BCUT2D eigenvalue weighted by atomic mass is 9.84. The topological polar surface area (TPSA) is 101 Å². The third-order valence-corrected chi connectivity index (χ3v) is 4.36. The first-order valence-corrected chi connectivity index (χ1v) is 8.09. The highest BCUT2D eigenvalue weighted by molar-refractivity contribution is 5.93. The molecule has 0 radical (unpaired) electrons. The van der Waals surface area contributed by atoms with Crippen molar-refractivity contribution in [1.82, 2.24) is 9.97 Å². The molecule has 6 nitrogen and oxygen atoms in total. The quantitative estimate of drug-likeness (QED) is 0.745. The lowest BCUT2D eigenvalue weighted by molar-refractivity contribution is 0.0987. The van der Waals surface area contributed by atoms with Crippen LogP contribution in [0.1, 0.15) is 62.0 Å². The number of anilines is 1. The maximum Gasteiger partial charge on any atom is 0.252 e. The van der Waals surface area contributed by atoms with E-state index in [1.165, 1.54) is 6.20 Å². The lowest BCUT2D eigenvalue weighted by Crippen LogP contribution is -2.24. The maximum absolute atomic E-state index is 11.6. The van der Waals surface area contributed by atoms with Crippen LogP contribution < -0.4 is 11.1 Å². The Kier molecular flexibility index (Phi) is 5.71. The number of aliphatic hydroxyl groups is 1. The Morgan fingerprint density at radius 2 is 2.32 bits per heavy atom. The summed E-state index contributed by atoms with van der Waals surface area (Å²) in [5.41, 5.74) is 6.51. The smallest absolute Gasteiger partial charge is 0.252 e. The molecule has 1 aliphatic rings. The SMILES string of the molecule is CC[C@H](C)Nc1ncc(C(N)=O)c(C[C@@H]2CCC[C@H](O)C2)n1. The van der Waals surface area contributed by atoms with Crippen LogP contribution in [0.5, 0.6) is 0 Å². The van der Waals surface area contributed by atoms with Gasteiger partial charge < -0.3 is 16.2 Å². The molecule has 1 amide bonds. The Labute approximate surface area is 131 Å². The van der Waals surface area contributed by atoms with Crippen molar-refractivity contribution in [1.29, 1.82) is 0 Å². The zero-order chi connectivity index (χ0) is 16.1. The number of aliphatic hydroxyl groups excluding tert-OH is 1. The van der Waals surface area contributed by atoms with Crippen LogP contribution in [0.15, 0.2) is 6.20 Å². The van der Waals surface area contributed by atoms with Gasteiger partial charge in [-0.2, -0.15) is 0 Å². The van der Waals surface area contributed by atoms with Gasteiger partial charge in [-0.25, -0.2) is 9.97 Å². The van der Waals surface area contributed by atoms with Gasteiger partial charge >= 0.3 is 0 Å². The number of amides is 1. The molecule has 22 heavy (non-hydrogen) atoms. The molecule has 0 saturated heterocycles. The van der Waals surface area contributed by atoms with Gasteiger partial charge in [0.2, 0.25) is 5.95 Å². The Bertz CT molecular complexity index is 521. The molecule has 1 fully saturated rings. The van der Waals surface area contributed by atoms with Gasteiger partial charge in [0.1, 0.15) is 0 Å². The summed E-state index contributed by atoms with van der Waals surface area (Å²) in [5, 5.41) is 13.0. The zero-order valence-corrected chi connectivity index (χ0v) is 13.4. The monoisotopic (exact) mass is 306 g/mol. The molecule has 0 bridgehead atoms. The first kappa shape index (κ1) is 16.7. The fourth-order valence-corrected chi connectivity index (χ4v) is 2.89. The van der Waals surface area contributed by atoms with E-state index in [4.69, 9.17) is 5.73 Å². The average Bonchev–Trinajstić information content (AvgIpc) is 2.47. The number of carbonyl (C=O) groups excluding carboxylic acids is 1. The summed E-state index contributed by atoms with van der Waals surface area (Å²) in [6, 6.07) is 0.267. The highest BCUT2D eigenvalue weighted by Gasteiger charge is 2.23. The number of carbonyl (C=O) groups is 1. The van der Waals surface area contributed by atoms with Gasteiger partial charge in [0.15, 0.2) is 0 Å². The van der Waals surface area contributed by atoms with Crippen LogP contribution in [0.3, 0.4) is 0 Å². The molecule has 1 saturated carbocycles. The van der Waals surface area contributed by atoms with Crippen molar-refractivity contribution in [2.45, 2.75) is 64.5 Å². The number of nitrogens with two attached hydrogens (primary N) is 1. The van der Waals surface area contributed by atoms with E-state index >= 15 is 0 Å². The van der Waals surface area contributed by atoms with Gasteiger partial charge in [-0.3, -0.25) is 4.79 Å². The molecular formula is C16H26N4O2. The minimum absolute atomic E-state index is 0.240. The van der Waals surface area contributed by atoms with Crippen molar-refractivity contribution in [3.63, 3.8) is 0 Å². The van der Waals surface area contributed by atoms with E-state index in [0.29, 0.717) is 29.5 Å². The molecule has 4 N–H and O–H groups in total. The van der Waals surface area contributed by atoms with Gasteiger partial charge in [0.25, 0.3) is 5.91 Å². The largest absolute Gasteiger partial charge is 0.393 e. The summed E-state index contributed by atoms with van der Waals surface area (Å²) in [6.45, 7) is 4.14. The predicted octanol–water partition coefficient (Wildman–Crippen LogP) is 1.88. The number of primary amides is 1. The van der Waals surface area contributed by atoms with Gasteiger partial charge in [-0.05, 0) is 44.9 Å².